The summed E-state index contributed by atoms with van der Waals surface area (Å²) in [5, 5.41) is 20.8. The first-order valence-corrected chi connectivity index (χ1v) is 9.12. The summed E-state index contributed by atoms with van der Waals surface area (Å²) in [4.78, 5) is 11.6. The Morgan fingerprint density at radius 1 is 1.00 bits per heavy atom. The highest BCUT2D eigenvalue weighted by molar-refractivity contribution is 5.67. The molecule has 0 aliphatic carbocycles. The minimum absolute atomic E-state index is 0.0713. The van der Waals surface area contributed by atoms with Crippen LogP contribution in [-0.2, 0) is 17.8 Å². The standard InChI is InChI=1S/C21H27NO5/c23-14-19(24)16-26-20-11-9-17(10-12-20)6-4-5-13-22-21(25)27-15-18-7-2-1-3-8-18/h1-3,7-12,19,23-24H,4-6,13-16H2,(H,22,25)/t19-/m1/s1. The molecule has 0 bridgehead atoms. The number of aliphatic hydroxyl groups excluding tert-OH is 2. The summed E-state index contributed by atoms with van der Waals surface area (Å²) in [6.45, 7) is 0.609. The summed E-state index contributed by atoms with van der Waals surface area (Å²) in [5.74, 6) is 0.661. The van der Waals surface area contributed by atoms with Crippen LogP contribution >= 0.6 is 0 Å². The maximum absolute atomic E-state index is 11.6. The Hall–Kier alpha value is -2.57. The minimum atomic E-state index is -0.864. The van der Waals surface area contributed by atoms with Crippen molar-refractivity contribution < 1.29 is 24.5 Å². The molecule has 6 nitrogen and oxygen atoms in total. The third-order valence-corrected chi connectivity index (χ3v) is 3.95. The predicted octanol–water partition coefficient (Wildman–Crippen LogP) is 2.67. The van der Waals surface area contributed by atoms with Crippen LogP contribution in [0, 0.1) is 0 Å². The highest BCUT2D eigenvalue weighted by Crippen LogP contribution is 2.14. The quantitative estimate of drug-likeness (QED) is 0.527. The highest BCUT2D eigenvalue weighted by atomic mass is 16.5. The van der Waals surface area contributed by atoms with Crippen molar-refractivity contribution in [2.45, 2.75) is 32.0 Å². The van der Waals surface area contributed by atoms with Crippen LogP contribution in [0.2, 0.25) is 0 Å². The molecule has 2 rings (SSSR count). The van der Waals surface area contributed by atoms with Gasteiger partial charge in [0.15, 0.2) is 0 Å². The van der Waals surface area contributed by atoms with Crippen molar-refractivity contribution in [3.63, 3.8) is 0 Å². The summed E-state index contributed by atoms with van der Waals surface area (Å²) in [7, 11) is 0. The molecule has 0 aromatic heterocycles. The van der Waals surface area contributed by atoms with Crippen LogP contribution in [0.1, 0.15) is 24.0 Å². The van der Waals surface area contributed by atoms with Crippen LogP contribution in [0.5, 0.6) is 5.75 Å². The number of carbonyl (C=O) groups is 1. The predicted molar refractivity (Wildman–Crippen MR) is 103 cm³/mol. The number of alkyl carbamates (subject to hydrolysis) is 1. The fraction of sp³-hybridized carbons (Fsp3) is 0.381. The van der Waals surface area contributed by atoms with Gasteiger partial charge in [0.1, 0.15) is 25.1 Å². The van der Waals surface area contributed by atoms with E-state index in [2.05, 4.69) is 5.32 Å². The minimum Gasteiger partial charge on any atom is -0.491 e. The van der Waals surface area contributed by atoms with Gasteiger partial charge in [-0.1, -0.05) is 42.5 Å². The largest absolute Gasteiger partial charge is 0.491 e. The van der Waals surface area contributed by atoms with Crippen molar-refractivity contribution in [3.8, 4) is 5.75 Å². The number of amides is 1. The van der Waals surface area contributed by atoms with Gasteiger partial charge in [0.25, 0.3) is 0 Å². The molecule has 0 aliphatic heterocycles. The van der Waals surface area contributed by atoms with Crippen LogP contribution in [0.3, 0.4) is 0 Å². The molecular weight excluding hydrogens is 346 g/mol. The van der Waals surface area contributed by atoms with E-state index in [4.69, 9.17) is 14.6 Å². The third-order valence-electron chi connectivity index (χ3n) is 3.95. The zero-order valence-electron chi connectivity index (χ0n) is 15.3. The number of unbranched alkanes of at least 4 members (excludes halogenated alkanes) is 1. The molecule has 2 aromatic rings. The monoisotopic (exact) mass is 373 g/mol. The topological polar surface area (TPSA) is 88.0 Å². The van der Waals surface area contributed by atoms with Gasteiger partial charge >= 0.3 is 6.09 Å². The number of rotatable bonds is 11. The van der Waals surface area contributed by atoms with Crippen molar-refractivity contribution >= 4 is 6.09 Å². The number of hydrogen-bond donors (Lipinski definition) is 3. The molecule has 0 saturated carbocycles. The molecule has 2 aromatic carbocycles. The second-order valence-electron chi connectivity index (χ2n) is 6.24. The second kappa shape index (κ2) is 11.9. The summed E-state index contributed by atoms with van der Waals surface area (Å²) in [6, 6.07) is 17.2. The van der Waals surface area contributed by atoms with E-state index >= 15 is 0 Å². The molecule has 0 unspecified atom stereocenters. The number of nitrogens with one attached hydrogen (secondary N) is 1. The number of carbonyl (C=O) groups excluding carboxylic acids is 1. The maximum atomic E-state index is 11.6. The summed E-state index contributed by atoms with van der Waals surface area (Å²) < 4.78 is 10.5. The van der Waals surface area contributed by atoms with Crippen LogP contribution < -0.4 is 10.1 Å². The van der Waals surface area contributed by atoms with E-state index in [9.17, 15) is 9.90 Å². The molecule has 0 fully saturated rings. The van der Waals surface area contributed by atoms with Gasteiger partial charge < -0.3 is 25.0 Å². The SMILES string of the molecule is O=C(NCCCCc1ccc(OC[C@H](O)CO)cc1)OCc1ccccc1. The van der Waals surface area contributed by atoms with E-state index in [1.807, 2.05) is 54.6 Å². The highest BCUT2D eigenvalue weighted by Gasteiger charge is 2.04. The summed E-state index contributed by atoms with van der Waals surface area (Å²) in [6.07, 6.45) is 1.45. The zero-order chi connectivity index (χ0) is 19.3. The Labute approximate surface area is 159 Å². The summed E-state index contributed by atoms with van der Waals surface area (Å²) in [5.41, 5.74) is 2.14. The van der Waals surface area contributed by atoms with Gasteiger partial charge in [-0.25, -0.2) is 4.79 Å². The molecule has 0 heterocycles. The van der Waals surface area contributed by atoms with Gasteiger partial charge in [0.2, 0.25) is 0 Å². The number of aliphatic hydroxyl groups is 2. The van der Waals surface area contributed by atoms with Crippen molar-refractivity contribution in [2.24, 2.45) is 0 Å². The first-order chi connectivity index (χ1) is 13.2. The molecule has 1 amide bonds. The van der Waals surface area contributed by atoms with E-state index < -0.39 is 12.2 Å². The van der Waals surface area contributed by atoms with Crippen molar-refractivity contribution in [1.29, 1.82) is 0 Å². The lowest BCUT2D eigenvalue weighted by atomic mass is 10.1. The lowest BCUT2D eigenvalue weighted by Crippen LogP contribution is -2.25. The van der Waals surface area contributed by atoms with Gasteiger partial charge in [0.05, 0.1) is 6.61 Å². The Balaban J connectivity index is 1.55. The molecule has 6 heteroatoms. The fourth-order valence-electron chi connectivity index (χ4n) is 2.42. The van der Waals surface area contributed by atoms with Gasteiger partial charge in [-0.05, 0) is 42.5 Å². The Morgan fingerprint density at radius 3 is 2.44 bits per heavy atom. The van der Waals surface area contributed by atoms with Gasteiger partial charge in [0, 0.05) is 6.54 Å². The number of hydrogen-bond acceptors (Lipinski definition) is 5. The molecule has 0 aliphatic rings. The lowest BCUT2D eigenvalue weighted by molar-refractivity contribution is 0.0536. The van der Waals surface area contributed by atoms with Gasteiger partial charge in [-0.2, -0.15) is 0 Å². The average Bonchev–Trinajstić information content (AvgIpc) is 2.71. The van der Waals surface area contributed by atoms with Gasteiger partial charge in [-0.15, -0.1) is 0 Å². The number of ether oxygens (including phenoxy) is 2. The Kier molecular flexibility index (Phi) is 9.17. The van der Waals surface area contributed by atoms with E-state index in [0.717, 1.165) is 24.8 Å². The lowest BCUT2D eigenvalue weighted by Gasteiger charge is -2.10. The molecule has 0 spiro atoms. The number of aryl methyl sites for hydroxylation is 1. The molecule has 27 heavy (non-hydrogen) atoms. The van der Waals surface area contributed by atoms with Crippen LogP contribution in [0.4, 0.5) is 4.79 Å². The zero-order valence-corrected chi connectivity index (χ0v) is 15.3. The first-order valence-electron chi connectivity index (χ1n) is 9.12. The molecule has 1 atom stereocenters. The molecule has 0 radical (unpaired) electrons. The smallest absolute Gasteiger partial charge is 0.407 e. The fourth-order valence-corrected chi connectivity index (χ4v) is 2.42. The maximum Gasteiger partial charge on any atom is 0.407 e. The van der Waals surface area contributed by atoms with E-state index in [0.29, 0.717) is 12.3 Å². The van der Waals surface area contributed by atoms with Crippen molar-refractivity contribution in [2.75, 3.05) is 19.8 Å². The van der Waals surface area contributed by atoms with E-state index in [1.54, 1.807) is 0 Å². The normalized spacial score (nSPS) is 11.6. The van der Waals surface area contributed by atoms with E-state index in [-0.39, 0.29) is 19.8 Å². The Morgan fingerprint density at radius 2 is 1.74 bits per heavy atom. The van der Waals surface area contributed by atoms with Crippen LogP contribution in [0.25, 0.3) is 0 Å². The summed E-state index contributed by atoms with van der Waals surface area (Å²) >= 11 is 0. The third kappa shape index (κ3) is 8.57. The molecule has 0 saturated heterocycles. The average molecular weight is 373 g/mol. The van der Waals surface area contributed by atoms with Crippen LogP contribution in [-0.4, -0.2) is 42.2 Å². The van der Waals surface area contributed by atoms with Crippen molar-refractivity contribution in [1.82, 2.24) is 5.32 Å². The second-order valence-corrected chi connectivity index (χ2v) is 6.24. The first kappa shape index (κ1) is 20.7. The number of benzene rings is 2. The Bertz CT molecular complexity index is 660. The molecule has 3 N–H and O–H groups in total. The van der Waals surface area contributed by atoms with Gasteiger partial charge in [-0.3, -0.25) is 0 Å². The van der Waals surface area contributed by atoms with Crippen LogP contribution in [0.15, 0.2) is 54.6 Å². The van der Waals surface area contributed by atoms with Crippen molar-refractivity contribution in [3.05, 3.63) is 65.7 Å². The van der Waals surface area contributed by atoms with E-state index in [1.165, 1.54) is 5.56 Å². The molecule has 146 valence electrons. The molecular formula is C21H27NO5.